The molecule has 0 aliphatic rings. The molecule has 0 fully saturated rings. The van der Waals surface area contributed by atoms with E-state index < -0.39 is 18.6 Å². The molecule has 0 aliphatic carbocycles. The second kappa shape index (κ2) is 12.0. The predicted octanol–water partition coefficient (Wildman–Crippen LogP) is 3.75. The number of rotatable bonds is 11. The number of carbonyl (C=O) groups is 1. The highest BCUT2D eigenvalue weighted by atomic mass is 79.9. The molecule has 8 nitrogen and oxygen atoms in total. The molecule has 3 aromatic rings. The second-order valence-corrected chi connectivity index (χ2v) is 8.63. The number of aliphatic hydroxyl groups is 1. The average molecular weight is 534 g/mol. The van der Waals surface area contributed by atoms with E-state index in [0.717, 1.165) is 21.2 Å². The Hall–Kier alpha value is -2.66. The Kier molecular flexibility index (Phi) is 9.07. The number of aromatic nitrogens is 2. The van der Waals surface area contributed by atoms with Gasteiger partial charge in [-0.05, 0) is 32.6 Å². The number of halogens is 1. The monoisotopic (exact) mass is 533 g/mol. The summed E-state index contributed by atoms with van der Waals surface area (Å²) in [7, 11) is 2.95. The second-order valence-electron chi connectivity index (χ2n) is 6.89. The average Bonchev–Trinajstić information content (AvgIpc) is 2.84. The van der Waals surface area contributed by atoms with Gasteiger partial charge in [0.1, 0.15) is 6.04 Å². The summed E-state index contributed by atoms with van der Waals surface area (Å²) >= 11 is 5.16. The first kappa shape index (κ1) is 25.0. The molecule has 0 amide bonds. The summed E-state index contributed by atoms with van der Waals surface area (Å²) in [6.07, 6.45) is 0. The van der Waals surface area contributed by atoms with Crippen LogP contribution in [0.15, 0.2) is 58.2 Å². The van der Waals surface area contributed by atoms with Gasteiger partial charge >= 0.3 is 5.97 Å². The Balaban J connectivity index is 1.80. The summed E-state index contributed by atoms with van der Waals surface area (Å²) in [4.78, 5) is 20.1. The summed E-state index contributed by atoms with van der Waals surface area (Å²) < 4.78 is 11.8. The van der Waals surface area contributed by atoms with E-state index in [1.807, 2.05) is 30.3 Å². The molecule has 2 aromatic carbocycles. The molecule has 1 aromatic heterocycles. The number of carboxylic acid groups (broad SMARTS) is 1. The molecule has 174 valence electrons. The van der Waals surface area contributed by atoms with Gasteiger partial charge in [0.2, 0.25) is 11.8 Å². The lowest BCUT2D eigenvalue weighted by molar-refractivity contribution is -0.140. The summed E-state index contributed by atoms with van der Waals surface area (Å²) in [5.74, 6) is -0.00423. The smallest absolute Gasteiger partial charge is 0.323 e. The number of nitrogens with one attached hydrogen (secondary N) is 1. The van der Waals surface area contributed by atoms with E-state index in [4.69, 9.17) is 14.6 Å². The number of nitrogens with zero attached hydrogens (tertiary/aromatic N) is 2. The molecule has 10 heteroatoms. The molecular weight excluding hydrogens is 510 g/mol. The van der Waals surface area contributed by atoms with Gasteiger partial charge in [-0.25, -0.2) is 0 Å². The minimum absolute atomic E-state index is 0.0550. The molecule has 0 saturated heterocycles. The number of aliphatic hydroxyl groups excluding tert-OH is 1. The molecule has 0 bridgehead atoms. The molecule has 33 heavy (non-hydrogen) atoms. The normalized spacial score (nSPS) is 11.8. The maximum atomic E-state index is 11.2. The summed E-state index contributed by atoms with van der Waals surface area (Å²) in [6, 6.07) is 15.1. The number of ether oxygens (including phenoxy) is 2. The highest BCUT2D eigenvalue weighted by Crippen LogP contribution is 2.35. The maximum absolute atomic E-state index is 11.2. The molecule has 0 spiro atoms. The van der Waals surface area contributed by atoms with Crippen LogP contribution < -0.4 is 14.8 Å². The molecule has 0 saturated carbocycles. The van der Waals surface area contributed by atoms with Crippen molar-refractivity contribution in [1.82, 2.24) is 15.3 Å². The first-order chi connectivity index (χ1) is 16.0. The van der Waals surface area contributed by atoms with Crippen LogP contribution in [0, 0.1) is 0 Å². The van der Waals surface area contributed by atoms with E-state index >= 15 is 0 Å². The van der Waals surface area contributed by atoms with E-state index in [1.165, 1.54) is 26.0 Å². The highest BCUT2D eigenvalue weighted by molar-refractivity contribution is 9.10. The van der Waals surface area contributed by atoms with Crippen LogP contribution in [-0.2, 0) is 17.1 Å². The van der Waals surface area contributed by atoms with Crippen molar-refractivity contribution in [2.75, 3.05) is 20.8 Å². The quantitative estimate of drug-likeness (QED) is 0.250. The van der Waals surface area contributed by atoms with Gasteiger partial charge in [-0.15, -0.1) is 0 Å². The number of carboxylic acids is 1. The van der Waals surface area contributed by atoms with Gasteiger partial charge in [0.15, 0.2) is 5.16 Å². The third-order valence-corrected chi connectivity index (χ3v) is 6.66. The summed E-state index contributed by atoms with van der Waals surface area (Å²) in [5, 5.41) is 21.5. The fourth-order valence-electron chi connectivity index (χ4n) is 3.11. The standard InChI is InChI=1S/C23H24BrN3O5S/c1-31-20-17(11-25-18(12-28)22(29)30)21(32-2)27-23(26-20)33-13-15-9-6-10-16(19(15)24)14-7-4-3-5-8-14/h3-10,18,25,28H,11-13H2,1-2H3,(H,29,30). The van der Waals surface area contributed by atoms with Crippen molar-refractivity contribution in [2.45, 2.75) is 23.5 Å². The van der Waals surface area contributed by atoms with Crippen LogP contribution in [0.3, 0.4) is 0 Å². The lowest BCUT2D eigenvalue weighted by Gasteiger charge is -2.16. The zero-order valence-electron chi connectivity index (χ0n) is 18.1. The summed E-state index contributed by atoms with van der Waals surface area (Å²) in [6.45, 7) is -0.495. The van der Waals surface area contributed by atoms with Crippen molar-refractivity contribution in [2.24, 2.45) is 0 Å². The van der Waals surface area contributed by atoms with Crippen LogP contribution in [0.25, 0.3) is 11.1 Å². The van der Waals surface area contributed by atoms with Gasteiger partial charge in [0.25, 0.3) is 0 Å². The van der Waals surface area contributed by atoms with Gasteiger partial charge in [0, 0.05) is 16.8 Å². The van der Waals surface area contributed by atoms with Crippen molar-refractivity contribution in [3.63, 3.8) is 0 Å². The molecule has 0 radical (unpaired) electrons. The van der Waals surface area contributed by atoms with Gasteiger partial charge in [-0.3, -0.25) is 10.1 Å². The lowest BCUT2D eigenvalue weighted by Crippen LogP contribution is -2.39. The van der Waals surface area contributed by atoms with Gasteiger partial charge in [-0.2, -0.15) is 9.97 Å². The van der Waals surface area contributed by atoms with Crippen LogP contribution in [-0.4, -0.2) is 53.0 Å². The van der Waals surface area contributed by atoms with E-state index in [0.29, 0.717) is 16.5 Å². The van der Waals surface area contributed by atoms with Gasteiger partial charge < -0.3 is 19.7 Å². The van der Waals surface area contributed by atoms with Crippen LogP contribution in [0.4, 0.5) is 0 Å². The van der Waals surface area contributed by atoms with E-state index in [2.05, 4.69) is 49.4 Å². The van der Waals surface area contributed by atoms with E-state index in [-0.39, 0.29) is 18.3 Å². The predicted molar refractivity (Wildman–Crippen MR) is 130 cm³/mol. The van der Waals surface area contributed by atoms with E-state index in [1.54, 1.807) is 0 Å². The van der Waals surface area contributed by atoms with Crippen LogP contribution in [0.2, 0.25) is 0 Å². The molecule has 1 atom stereocenters. The Morgan fingerprint density at radius 3 is 2.33 bits per heavy atom. The lowest BCUT2D eigenvalue weighted by atomic mass is 10.0. The largest absolute Gasteiger partial charge is 0.481 e. The van der Waals surface area contributed by atoms with Crippen molar-refractivity contribution >= 4 is 33.7 Å². The number of benzene rings is 2. The van der Waals surface area contributed by atoms with Crippen molar-refractivity contribution in [3.05, 3.63) is 64.1 Å². The zero-order chi connectivity index (χ0) is 23.8. The Labute approximate surface area is 204 Å². The molecule has 1 heterocycles. The highest BCUT2D eigenvalue weighted by Gasteiger charge is 2.21. The third kappa shape index (κ3) is 6.23. The molecular formula is C23H24BrN3O5S. The minimum atomic E-state index is -1.16. The Bertz CT molecular complexity index is 1080. The van der Waals surface area contributed by atoms with E-state index in [9.17, 15) is 9.90 Å². The number of thioether (sulfide) groups is 1. The number of hydrogen-bond donors (Lipinski definition) is 3. The fraction of sp³-hybridized carbons (Fsp3) is 0.261. The maximum Gasteiger partial charge on any atom is 0.323 e. The van der Waals surface area contributed by atoms with Crippen LogP contribution >= 0.6 is 27.7 Å². The SMILES string of the molecule is COc1nc(SCc2cccc(-c3ccccc3)c2Br)nc(OC)c1CNC(CO)C(=O)O. The number of aliphatic carboxylic acids is 1. The zero-order valence-corrected chi connectivity index (χ0v) is 20.5. The van der Waals surface area contributed by atoms with Crippen molar-refractivity contribution in [3.8, 4) is 22.9 Å². The first-order valence-corrected chi connectivity index (χ1v) is 11.8. The number of methoxy groups -OCH3 is 2. The molecule has 3 N–H and O–H groups in total. The summed E-state index contributed by atoms with van der Waals surface area (Å²) in [5.41, 5.74) is 3.77. The van der Waals surface area contributed by atoms with Gasteiger partial charge in [-0.1, -0.05) is 60.3 Å². The third-order valence-electron chi connectivity index (χ3n) is 4.82. The van der Waals surface area contributed by atoms with Crippen molar-refractivity contribution < 1.29 is 24.5 Å². The molecule has 0 aliphatic heterocycles. The van der Waals surface area contributed by atoms with Crippen LogP contribution in [0.5, 0.6) is 11.8 Å². The number of hydrogen-bond acceptors (Lipinski definition) is 8. The van der Waals surface area contributed by atoms with Crippen molar-refractivity contribution in [1.29, 1.82) is 0 Å². The minimum Gasteiger partial charge on any atom is -0.481 e. The fourth-order valence-corrected chi connectivity index (χ4v) is 4.75. The topological polar surface area (TPSA) is 114 Å². The Morgan fingerprint density at radius 2 is 1.76 bits per heavy atom. The van der Waals surface area contributed by atoms with Crippen LogP contribution in [0.1, 0.15) is 11.1 Å². The first-order valence-electron chi connectivity index (χ1n) is 10.00. The Morgan fingerprint density at radius 1 is 1.09 bits per heavy atom. The van der Waals surface area contributed by atoms with Gasteiger partial charge in [0.05, 0.1) is 26.4 Å². The molecule has 3 rings (SSSR count). The molecule has 1 unspecified atom stereocenters.